The van der Waals surface area contributed by atoms with E-state index < -0.39 is 0 Å². The number of halogens is 2. The van der Waals surface area contributed by atoms with Crippen molar-refractivity contribution in [3.8, 4) is 12.1 Å². The molecule has 74 valence electrons. The van der Waals surface area contributed by atoms with Crippen molar-refractivity contribution in [3.05, 3.63) is 23.3 Å². The molecular weight excluding hydrogens is 320 g/mol. The highest BCUT2D eigenvalue weighted by molar-refractivity contribution is 9.10. The highest BCUT2D eigenvalue weighted by atomic mass is 79.9. The number of nitriles is 2. The van der Waals surface area contributed by atoms with Crippen LogP contribution in [0.15, 0.2) is 23.3 Å². The molecule has 0 radical (unpaired) electrons. The molecule has 0 spiro atoms. The second kappa shape index (κ2) is 2.56. The lowest BCUT2D eigenvalue weighted by molar-refractivity contribution is 0.550. The summed E-state index contributed by atoms with van der Waals surface area (Å²) in [6.07, 6.45) is 4.84. The summed E-state index contributed by atoms with van der Waals surface area (Å²) in [6, 6.07) is 4.55. The third-order valence-electron chi connectivity index (χ3n) is 4.00. The predicted octanol–water partition coefficient (Wildman–Crippen LogP) is 2.82. The minimum atomic E-state index is -0.124. The second-order valence-corrected chi connectivity index (χ2v) is 6.28. The van der Waals surface area contributed by atoms with E-state index >= 15 is 0 Å². The molecule has 3 aliphatic carbocycles. The lowest BCUT2D eigenvalue weighted by Gasteiger charge is -2.15. The number of allylic oxidation sites excluding steroid dienone is 4. The fraction of sp³-hybridized carbons (Fsp3) is 0.455. The summed E-state index contributed by atoms with van der Waals surface area (Å²) in [5.41, 5.74) is 1.41. The lowest BCUT2D eigenvalue weighted by Crippen LogP contribution is -2.18. The molecule has 0 N–H and O–H groups in total. The summed E-state index contributed by atoms with van der Waals surface area (Å²) in [6.45, 7) is 0. The van der Waals surface area contributed by atoms with Crippen molar-refractivity contribution in [2.24, 2.45) is 10.8 Å². The SMILES string of the molecule is N#CC1=C[C@H](Br)[C@]23C[C@]12[C@H](Br)C=C3C#N. The molecule has 2 nitrogen and oxygen atoms in total. The van der Waals surface area contributed by atoms with Crippen LogP contribution in [0.3, 0.4) is 0 Å². The van der Waals surface area contributed by atoms with Crippen molar-refractivity contribution >= 4 is 31.9 Å². The van der Waals surface area contributed by atoms with E-state index in [1.807, 2.05) is 12.2 Å². The summed E-state index contributed by atoms with van der Waals surface area (Å²) < 4.78 is 0. The van der Waals surface area contributed by atoms with Gasteiger partial charge in [0.15, 0.2) is 0 Å². The molecule has 0 heterocycles. The van der Waals surface area contributed by atoms with Crippen LogP contribution in [0.2, 0.25) is 0 Å². The zero-order chi connectivity index (χ0) is 10.8. The average Bonchev–Trinajstić information content (AvgIpc) is 2.81. The van der Waals surface area contributed by atoms with Crippen molar-refractivity contribution in [1.29, 1.82) is 10.5 Å². The van der Waals surface area contributed by atoms with Crippen LogP contribution in [0.25, 0.3) is 0 Å². The molecule has 4 atom stereocenters. The van der Waals surface area contributed by atoms with Crippen LogP contribution in [0, 0.1) is 33.5 Å². The van der Waals surface area contributed by atoms with E-state index in [4.69, 9.17) is 10.5 Å². The van der Waals surface area contributed by atoms with E-state index in [2.05, 4.69) is 44.0 Å². The quantitative estimate of drug-likeness (QED) is 0.643. The van der Waals surface area contributed by atoms with Crippen molar-refractivity contribution < 1.29 is 0 Å². The summed E-state index contributed by atoms with van der Waals surface area (Å²) in [5, 5.41) is 18.3. The Morgan fingerprint density at radius 2 is 1.47 bits per heavy atom. The molecule has 0 aromatic heterocycles. The van der Waals surface area contributed by atoms with Crippen LogP contribution in [0.1, 0.15) is 6.42 Å². The van der Waals surface area contributed by atoms with Gasteiger partial charge in [0.1, 0.15) is 0 Å². The van der Waals surface area contributed by atoms with E-state index in [0.717, 1.165) is 17.6 Å². The van der Waals surface area contributed by atoms with Gasteiger partial charge in [0.05, 0.1) is 12.1 Å². The first kappa shape index (κ1) is 9.63. The van der Waals surface area contributed by atoms with Crippen molar-refractivity contribution in [2.45, 2.75) is 16.1 Å². The van der Waals surface area contributed by atoms with E-state index in [1.165, 1.54) is 0 Å². The largest absolute Gasteiger partial charge is 0.193 e. The Morgan fingerprint density at radius 3 is 1.80 bits per heavy atom. The Labute approximate surface area is 105 Å². The zero-order valence-electron chi connectivity index (χ0n) is 7.67. The number of rotatable bonds is 0. The maximum Gasteiger partial charge on any atom is 0.0951 e. The zero-order valence-corrected chi connectivity index (χ0v) is 10.8. The molecule has 4 heteroatoms. The van der Waals surface area contributed by atoms with Gasteiger partial charge in [-0.25, -0.2) is 0 Å². The van der Waals surface area contributed by atoms with Gasteiger partial charge in [-0.15, -0.1) is 0 Å². The Kier molecular flexibility index (Phi) is 1.65. The number of hydrogen-bond donors (Lipinski definition) is 0. The third-order valence-corrected chi connectivity index (χ3v) is 6.09. The molecule has 1 fully saturated rings. The van der Waals surface area contributed by atoms with Gasteiger partial charge in [-0.3, -0.25) is 0 Å². The van der Waals surface area contributed by atoms with Crippen LogP contribution in [0.4, 0.5) is 0 Å². The summed E-state index contributed by atoms with van der Waals surface area (Å²) in [7, 11) is 0. The lowest BCUT2D eigenvalue weighted by atomic mass is 9.91. The molecule has 0 unspecified atom stereocenters. The van der Waals surface area contributed by atoms with Gasteiger partial charge in [0, 0.05) is 31.6 Å². The number of nitrogens with zero attached hydrogens (tertiary/aromatic N) is 2. The van der Waals surface area contributed by atoms with Crippen molar-refractivity contribution in [2.75, 3.05) is 0 Å². The highest BCUT2D eigenvalue weighted by Crippen LogP contribution is 2.83. The van der Waals surface area contributed by atoms with E-state index in [9.17, 15) is 0 Å². The normalized spacial score (nSPS) is 49.6. The Bertz CT molecular complexity index is 462. The molecule has 0 aromatic carbocycles. The first-order valence-electron chi connectivity index (χ1n) is 4.66. The van der Waals surface area contributed by atoms with Crippen LogP contribution >= 0.6 is 31.9 Å². The predicted molar refractivity (Wildman–Crippen MR) is 62.3 cm³/mol. The van der Waals surface area contributed by atoms with Gasteiger partial charge < -0.3 is 0 Å². The van der Waals surface area contributed by atoms with Crippen LogP contribution in [0.5, 0.6) is 0 Å². The Balaban J connectivity index is 2.19. The Hall–Kier alpha value is -0.580. The molecule has 1 saturated carbocycles. The van der Waals surface area contributed by atoms with E-state index in [0.29, 0.717) is 0 Å². The molecule has 0 bridgehead atoms. The van der Waals surface area contributed by atoms with Crippen LogP contribution in [-0.2, 0) is 0 Å². The van der Waals surface area contributed by atoms with Gasteiger partial charge in [-0.05, 0) is 6.42 Å². The molecule has 3 rings (SSSR count). The monoisotopic (exact) mass is 324 g/mol. The fourth-order valence-corrected chi connectivity index (χ4v) is 5.36. The molecule has 0 aromatic rings. The first-order chi connectivity index (χ1) is 7.13. The topological polar surface area (TPSA) is 47.6 Å². The molecule has 15 heavy (non-hydrogen) atoms. The van der Waals surface area contributed by atoms with Gasteiger partial charge >= 0.3 is 0 Å². The van der Waals surface area contributed by atoms with Gasteiger partial charge in [-0.1, -0.05) is 44.0 Å². The fourth-order valence-electron chi connectivity index (χ4n) is 3.20. The van der Waals surface area contributed by atoms with Crippen molar-refractivity contribution in [3.63, 3.8) is 0 Å². The van der Waals surface area contributed by atoms with Gasteiger partial charge in [0.25, 0.3) is 0 Å². The molecule has 3 aliphatic rings. The molecule has 0 amide bonds. The Morgan fingerprint density at radius 1 is 1.07 bits per heavy atom. The van der Waals surface area contributed by atoms with E-state index in [1.54, 1.807) is 0 Å². The molecule has 0 saturated heterocycles. The van der Waals surface area contributed by atoms with Crippen LogP contribution < -0.4 is 0 Å². The van der Waals surface area contributed by atoms with Gasteiger partial charge in [-0.2, -0.15) is 10.5 Å². The minimum Gasteiger partial charge on any atom is -0.193 e. The minimum absolute atomic E-state index is 0.124. The number of alkyl halides is 2. The first-order valence-corrected chi connectivity index (χ1v) is 6.49. The van der Waals surface area contributed by atoms with Crippen LogP contribution in [-0.4, -0.2) is 9.65 Å². The standard InChI is InChI=1S/C11H6Br2N2/c12-8-1-6(3-14)10-5-11(8,10)7(4-15)2-9(10)13/h1-2,8-9H,5H2/t8-,9+,10-,11-/m1/s1. The van der Waals surface area contributed by atoms with E-state index in [-0.39, 0.29) is 20.5 Å². The molecule has 0 aliphatic heterocycles. The summed E-state index contributed by atoms with van der Waals surface area (Å²) >= 11 is 7.18. The maximum atomic E-state index is 9.13. The highest BCUT2D eigenvalue weighted by Gasteiger charge is 2.81. The third kappa shape index (κ3) is 0.747. The maximum absolute atomic E-state index is 9.13. The van der Waals surface area contributed by atoms with Gasteiger partial charge in [0.2, 0.25) is 0 Å². The molecular formula is C11H6Br2N2. The summed E-state index contributed by atoms with van der Waals surface area (Å²) in [5.74, 6) is 0. The smallest absolute Gasteiger partial charge is 0.0951 e. The number of hydrogen-bond acceptors (Lipinski definition) is 2. The average molecular weight is 326 g/mol. The second-order valence-electron chi connectivity index (χ2n) is 4.31. The summed E-state index contributed by atoms with van der Waals surface area (Å²) in [4.78, 5) is 0.265. The van der Waals surface area contributed by atoms with Crippen molar-refractivity contribution in [1.82, 2.24) is 0 Å².